The molecule has 0 fully saturated rings. The van der Waals surface area contributed by atoms with Gasteiger partial charge in [0.2, 0.25) is 17.7 Å². The molecule has 11 N–H and O–H groups in total. The van der Waals surface area contributed by atoms with E-state index in [1.807, 2.05) is 0 Å². The molecule has 0 aliphatic carbocycles. The Morgan fingerprint density at radius 3 is 1.94 bits per heavy atom. The maximum absolute atomic E-state index is 12.7. The Morgan fingerprint density at radius 1 is 0.879 bits per heavy atom. The number of carbonyl (C=O) groups excluding carboxylic acids is 3. The number of nitrogens with one attached hydrogen (secondary N) is 3. The average Bonchev–Trinajstić information content (AvgIpc) is 2.68. The van der Waals surface area contributed by atoms with Gasteiger partial charge in [-0.15, -0.1) is 0 Å². The molecule has 0 spiro atoms. The second-order valence-corrected chi connectivity index (χ2v) is 7.97. The Hall–Kier alpha value is -3.42. The average molecular weight is 474 g/mol. The lowest BCUT2D eigenvalue weighted by molar-refractivity contribution is -0.142. The van der Waals surface area contributed by atoms with E-state index in [4.69, 9.17) is 22.3 Å². The van der Waals surface area contributed by atoms with E-state index in [-0.39, 0.29) is 37.7 Å². The normalized spacial score (nSPS) is 14.3. The molecule has 3 amide bonds. The number of amides is 3. The van der Waals surface area contributed by atoms with Crippen LogP contribution in [0.5, 0.6) is 0 Å². The van der Waals surface area contributed by atoms with Gasteiger partial charge in [0.1, 0.15) is 18.1 Å². The van der Waals surface area contributed by atoms with Crippen molar-refractivity contribution in [3.63, 3.8) is 0 Å². The summed E-state index contributed by atoms with van der Waals surface area (Å²) in [5.74, 6) is -4.95. The molecule has 0 bridgehead atoms. The van der Waals surface area contributed by atoms with Gasteiger partial charge in [-0.25, -0.2) is 4.79 Å². The minimum atomic E-state index is -1.39. The first-order chi connectivity index (χ1) is 15.2. The number of aliphatic imine (C=N–C) groups is 1. The first-order valence-electron chi connectivity index (χ1n) is 10.4. The van der Waals surface area contributed by atoms with Gasteiger partial charge >= 0.3 is 11.9 Å². The second-order valence-electron chi connectivity index (χ2n) is 7.97. The van der Waals surface area contributed by atoms with Crippen LogP contribution in [0.4, 0.5) is 0 Å². The second kappa shape index (κ2) is 14.6. The molecular formula is C19H35N7O7. The van der Waals surface area contributed by atoms with Crippen molar-refractivity contribution in [3.05, 3.63) is 0 Å². The van der Waals surface area contributed by atoms with Gasteiger partial charge in [-0.2, -0.15) is 0 Å². The quantitative estimate of drug-likeness (QED) is 0.0701. The van der Waals surface area contributed by atoms with Gasteiger partial charge in [0.25, 0.3) is 0 Å². The standard InChI is InChI=1S/C19H35N7O7/c1-9(2)7-13(18(32)33)26-15(29)10(3)24-17(31)12(5-4-6-23-19(21)22)25-16(30)11(20)8-14(27)28/h9-13H,4-8,20H2,1-3H3,(H,24,31)(H,25,30)(H,26,29)(H,27,28)(H,32,33)(H4,21,22,23). The number of aliphatic carboxylic acids is 2. The number of carboxylic acid groups (broad SMARTS) is 2. The molecule has 4 atom stereocenters. The van der Waals surface area contributed by atoms with Gasteiger partial charge in [-0.1, -0.05) is 13.8 Å². The fraction of sp³-hybridized carbons (Fsp3) is 0.684. The number of carboxylic acids is 2. The van der Waals surface area contributed by atoms with E-state index >= 15 is 0 Å². The van der Waals surface area contributed by atoms with Crippen LogP contribution >= 0.6 is 0 Å². The molecule has 0 aliphatic rings. The van der Waals surface area contributed by atoms with Crippen LogP contribution in [0.2, 0.25) is 0 Å². The topological polar surface area (TPSA) is 252 Å². The lowest BCUT2D eigenvalue weighted by atomic mass is 10.0. The smallest absolute Gasteiger partial charge is 0.326 e. The van der Waals surface area contributed by atoms with Gasteiger partial charge in [-0.05, 0) is 32.1 Å². The van der Waals surface area contributed by atoms with Gasteiger partial charge in [-0.3, -0.25) is 24.2 Å². The molecule has 0 heterocycles. The van der Waals surface area contributed by atoms with Crippen molar-refractivity contribution in [1.29, 1.82) is 0 Å². The SMILES string of the molecule is CC(C)CC(NC(=O)C(C)NC(=O)C(CCCN=C(N)N)NC(=O)C(N)CC(=O)O)C(=O)O. The molecule has 0 saturated carbocycles. The number of rotatable bonds is 15. The van der Waals surface area contributed by atoms with Crippen LogP contribution in [0.1, 0.15) is 46.5 Å². The van der Waals surface area contributed by atoms with Gasteiger partial charge in [0.05, 0.1) is 12.5 Å². The molecule has 0 rings (SSSR count). The monoisotopic (exact) mass is 473 g/mol. The largest absolute Gasteiger partial charge is 0.481 e. The third-order valence-corrected chi connectivity index (χ3v) is 4.38. The third kappa shape index (κ3) is 12.9. The first-order valence-corrected chi connectivity index (χ1v) is 10.4. The molecule has 0 aromatic rings. The number of guanidine groups is 1. The highest BCUT2D eigenvalue weighted by atomic mass is 16.4. The number of carbonyl (C=O) groups is 5. The molecule has 0 radical (unpaired) electrons. The van der Waals surface area contributed by atoms with Crippen molar-refractivity contribution in [1.82, 2.24) is 16.0 Å². The zero-order valence-corrected chi connectivity index (χ0v) is 19.0. The fourth-order valence-electron chi connectivity index (χ4n) is 2.70. The lowest BCUT2D eigenvalue weighted by Crippen LogP contribution is -2.56. The van der Waals surface area contributed by atoms with Crippen LogP contribution < -0.4 is 33.2 Å². The molecule has 0 aromatic heterocycles. The number of nitrogens with two attached hydrogens (primary N) is 3. The Kier molecular flexibility index (Phi) is 13.1. The van der Waals surface area contributed by atoms with Crippen molar-refractivity contribution in [2.24, 2.45) is 28.1 Å². The van der Waals surface area contributed by atoms with E-state index in [2.05, 4.69) is 20.9 Å². The van der Waals surface area contributed by atoms with Gasteiger partial charge in [0, 0.05) is 6.54 Å². The van der Waals surface area contributed by atoms with Crippen LogP contribution in [0.25, 0.3) is 0 Å². The van der Waals surface area contributed by atoms with Crippen LogP contribution in [0, 0.1) is 5.92 Å². The van der Waals surface area contributed by atoms with Gasteiger partial charge in [0.15, 0.2) is 5.96 Å². The van der Waals surface area contributed by atoms with Crippen molar-refractivity contribution in [2.75, 3.05) is 6.54 Å². The van der Waals surface area contributed by atoms with E-state index in [0.29, 0.717) is 0 Å². The minimum Gasteiger partial charge on any atom is -0.481 e. The lowest BCUT2D eigenvalue weighted by Gasteiger charge is -2.23. The highest BCUT2D eigenvalue weighted by molar-refractivity contribution is 5.94. The number of hydrogen-bond acceptors (Lipinski definition) is 7. The molecule has 0 aromatic carbocycles. The summed E-state index contributed by atoms with van der Waals surface area (Å²) >= 11 is 0. The molecule has 14 nitrogen and oxygen atoms in total. The molecule has 188 valence electrons. The number of nitrogens with zero attached hydrogens (tertiary/aromatic N) is 1. The predicted octanol–water partition coefficient (Wildman–Crippen LogP) is -2.55. The molecule has 0 saturated heterocycles. The minimum absolute atomic E-state index is 0.0103. The van der Waals surface area contributed by atoms with Crippen LogP contribution in [-0.2, 0) is 24.0 Å². The maximum Gasteiger partial charge on any atom is 0.326 e. The number of hydrogen-bond donors (Lipinski definition) is 8. The summed E-state index contributed by atoms with van der Waals surface area (Å²) in [6.07, 6.45) is -0.0971. The predicted molar refractivity (Wildman–Crippen MR) is 119 cm³/mol. The Bertz CT molecular complexity index is 738. The molecule has 0 aliphatic heterocycles. The summed E-state index contributed by atoms with van der Waals surface area (Å²) in [4.78, 5) is 63.2. The van der Waals surface area contributed by atoms with E-state index in [0.717, 1.165) is 0 Å². The van der Waals surface area contributed by atoms with E-state index in [9.17, 15) is 29.1 Å². The summed E-state index contributed by atoms with van der Waals surface area (Å²) in [5.41, 5.74) is 16.0. The molecular weight excluding hydrogens is 438 g/mol. The Balaban J connectivity index is 5.21. The maximum atomic E-state index is 12.7. The summed E-state index contributed by atoms with van der Waals surface area (Å²) in [5, 5.41) is 25.2. The third-order valence-electron chi connectivity index (χ3n) is 4.38. The zero-order chi connectivity index (χ0) is 25.7. The van der Waals surface area contributed by atoms with Crippen LogP contribution in [0.3, 0.4) is 0 Å². The van der Waals surface area contributed by atoms with Crippen LogP contribution in [-0.4, -0.2) is 76.5 Å². The highest BCUT2D eigenvalue weighted by Crippen LogP contribution is 2.06. The van der Waals surface area contributed by atoms with E-state index < -0.39 is 60.2 Å². The summed E-state index contributed by atoms with van der Waals surface area (Å²) < 4.78 is 0. The first kappa shape index (κ1) is 29.6. The van der Waals surface area contributed by atoms with E-state index in [1.54, 1.807) is 13.8 Å². The Morgan fingerprint density at radius 2 is 1.45 bits per heavy atom. The van der Waals surface area contributed by atoms with Gasteiger partial charge < -0.3 is 43.4 Å². The van der Waals surface area contributed by atoms with Crippen LogP contribution in [0.15, 0.2) is 4.99 Å². The molecule has 14 heteroatoms. The van der Waals surface area contributed by atoms with Crippen molar-refractivity contribution < 1.29 is 34.2 Å². The van der Waals surface area contributed by atoms with E-state index in [1.165, 1.54) is 6.92 Å². The van der Waals surface area contributed by atoms with Crippen molar-refractivity contribution >= 4 is 35.6 Å². The summed E-state index contributed by atoms with van der Waals surface area (Å²) in [7, 11) is 0. The van der Waals surface area contributed by atoms with Crippen molar-refractivity contribution in [3.8, 4) is 0 Å². The fourth-order valence-corrected chi connectivity index (χ4v) is 2.70. The zero-order valence-electron chi connectivity index (χ0n) is 19.0. The summed E-state index contributed by atoms with van der Waals surface area (Å²) in [6, 6.07) is -4.78. The highest BCUT2D eigenvalue weighted by Gasteiger charge is 2.28. The Labute approximate surface area is 191 Å². The molecule has 4 unspecified atom stereocenters. The summed E-state index contributed by atoms with van der Waals surface area (Å²) in [6.45, 7) is 5.13. The van der Waals surface area contributed by atoms with Crippen molar-refractivity contribution in [2.45, 2.75) is 70.6 Å². The molecule has 33 heavy (non-hydrogen) atoms.